The molecule has 2 N–H and O–H groups in total. The molecule has 4 nitrogen and oxygen atoms in total. The first-order valence-corrected chi connectivity index (χ1v) is 6.57. The SMILES string of the molecule is CNCC(O)c1cc(F)cc(S(C)(=O)=O)c1. The third-order valence-corrected chi connectivity index (χ3v) is 3.20. The van der Waals surface area contributed by atoms with Gasteiger partial charge in [0, 0.05) is 12.8 Å². The molecule has 0 amide bonds. The smallest absolute Gasteiger partial charge is 0.175 e. The standard InChI is InChI=1S/C10H14FNO3S/c1-12-6-10(13)7-3-8(11)5-9(4-7)16(2,14)15/h3-5,10,12-13H,6H2,1-2H3. The number of benzene rings is 1. The van der Waals surface area contributed by atoms with Gasteiger partial charge in [-0.15, -0.1) is 0 Å². The Morgan fingerprint density at radius 3 is 2.56 bits per heavy atom. The average Bonchev–Trinajstić information content (AvgIpc) is 2.16. The van der Waals surface area contributed by atoms with Gasteiger partial charge in [-0.2, -0.15) is 0 Å². The van der Waals surface area contributed by atoms with E-state index in [-0.39, 0.29) is 17.0 Å². The van der Waals surface area contributed by atoms with Crippen LogP contribution in [-0.2, 0) is 9.84 Å². The molecule has 1 unspecified atom stereocenters. The van der Waals surface area contributed by atoms with Crippen LogP contribution in [0.15, 0.2) is 23.1 Å². The number of halogens is 1. The summed E-state index contributed by atoms with van der Waals surface area (Å²) < 4.78 is 35.7. The molecule has 0 aliphatic heterocycles. The summed E-state index contributed by atoms with van der Waals surface area (Å²) in [4.78, 5) is -0.127. The summed E-state index contributed by atoms with van der Waals surface area (Å²) in [5.74, 6) is -0.673. The van der Waals surface area contributed by atoms with E-state index in [1.165, 1.54) is 6.07 Å². The van der Waals surface area contributed by atoms with Crippen LogP contribution in [0.3, 0.4) is 0 Å². The molecule has 0 saturated carbocycles. The van der Waals surface area contributed by atoms with Crippen molar-refractivity contribution in [1.29, 1.82) is 0 Å². The van der Waals surface area contributed by atoms with Crippen LogP contribution in [0.4, 0.5) is 4.39 Å². The summed E-state index contributed by atoms with van der Waals surface area (Å²) in [5, 5.41) is 12.3. The summed E-state index contributed by atoms with van der Waals surface area (Å²) >= 11 is 0. The van der Waals surface area contributed by atoms with Gasteiger partial charge in [0.2, 0.25) is 0 Å². The molecule has 90 valence electrons. The highest BCUT2D eigenvalue weighted by Gasteiger charge is 2.14. The topological polar surface area (TPSA) is 66.4 Å². The van der Waals surface area contributed by atoms with Gasteiger partial charge in [0.1, 0.15) is 5.82 Å². The minimum Gasteiger partial charge on any atom is -0.387 e. The van der Waals surface area contributed by atoms with Crippen molar-refractivity contribution in [3.63, 3.8) is 0 Å². The van der Waals surface area contributed by atoms with Crippen LogP contribution in [0.25, 0.3) is 0 Å². The molecular formula is C10H14FNO3S. The van der Waals surface area contributed by atoms with Crippen LogP contribution in [0, 0.1) is 5.82 Å². The van der Waals surface area contributed by atoms with Gasteiger partial charge in [-0.3, -0.25) is 0 Å². The molecule has 0 radical (unpaired) electrons. The molecule has 16 heavy (non-hydrogen) atoms. The highest BCUT2D eigenvalue weighted by Crippen LogP contribution is 2.19. The van der Waals surface area contributed by atoms with Gasteiger partial charge >= 0.3 is 0 Å². The lowest BCUT2D eigenvalue weighted by atomic mass is 10.1. The second-order valence-electron chi connectivity index (χ2n) is 3.57. The van der Waals surface area contributed by atoms with Gasteiger partial charge in [-0.25, -0.2) is 12.8 Å². The maximum Gasteiger partial charge on any atom is 0.175 e. The van der Waals surface area contributed by atoms with Crippen molar-refractivity contribution in [3.8, 4) is 0 Å². The van der Waals surface area contributed by atoms with Crippen LogP contribution in [0.1, 0.15) is 11.7 Å². The molecule has 0 aliphatic rings. The second-order valence-corrected chi connectivity index (χ2v) is 5.58. The van der Waals surface area contributed by atoms with Gasteiger partial charge < -0.3 is 10.4 Å². The monoisotopic (exact) mass is 247 g/mol. The Balaban J connectivity index is 3.18. The third kappa shape index (κ3) is 3.26. The lowest BCUT2D eigenvalue weighted by Crippen LogP contribution is -2.17. The van der Waals surface area contributed by atoms with Crippen LogP contribution in [-0.4, -0.2) is 33.4 Å². The molecule has 0 fully saturated rings. The maximum atomic E-state index is 13.2. The molecule has 0 aliphatic carbocycles. The number of hydrogen-bond acceptors (Lipinski definition) is 4. The lowest BCUT2D eigenvalue weighted by molar-refractivity contribution is 0.177. The molecule has 0 heterocycles. The third-order valence-electron chi connectivity index (χ3n) is 2.10. The second kappa shape index (κ2) is 4.90. The van der Waals surface area contributed by atoms with E-state index in [4.69, 9.17) is 0 Å². The molecular weight excluding hydrogens is 233 g/mol. The van der Waals surface area contributed by atoms with Gasteiger partial charge in [0.05, 0.1) is 11.0 Å². The Labute approximate surface area is 94.0 Å². The van der Waals surface area contributed by atoms with Crippen molar-refractivity contribution in [3.05, 3.63) is 29.6 Å². The first-order valence-electron chi connectivity index (χ1n) is 4.68. The molecule has 0 spiro atoms. The Morgan fingerprint density at radius 1 is 1.44 bits per heavy atom. The van der Waals surface area contributed by atoms with Crippen molar-refractivity contribution >= 4 is 9.84 Å². The summed E-state index contributed by atoms with van der Waals surface area (Å²) in [7, 11) is -1.83. The zero-order valence-electron chi connectivity index (χ0n) is 9.07. The molecule has 1 aromatic rings. The van der Waals surface area contributed by atoms with Crippen LogP contribution < -0.4 is 5.32 Å². The fourth-order valence-corrected chi connectivity index (χ4v) is 1.98. The van der Waals surface area contributed by atoms with Gasteiger partial charge in [0.25, 0.3) is 0 Å². The first-order chi connectivity index (χ1) is 7.34. The van der Waals surface area contributed by atoms with E-state index in [0.717, 1.165) is 18.4 Å². The van der Waals surface area contributed by atoms with E-state index < -0.39 is 21.8 Å². The van der Waals surface area contributed by atoms with Gasteiger partial charge in [0.15, 0.2) is 9.84 Å². The Bertz CT molecular complexity index is 473. The zero-order valence-corrected chi connectivity index (χ0v) is 9.88. The predicted molar refractivity (Wildman–Crippen MR) is 58.4 cm³/mol. The van der Waals surface area contributed by atoms with Gasteiger partial charge in [-0.05, 0) is 30.8 Å². The van der Waals surface area contributed by atoms with E-state index in [2.05, 4.69) is 5.32 Å². The van der Waals surface area contributed by atoms with Crippen LogP contribution >= 0.6 is 0 Å². The van der Waals surface area contributed by atoms with E-state index in [0.29, 0.717) is 0 Å². The van der Waals surface area contributed by atoms with Crippen molar-refractivity contribution in [2.24, 2.45) is 0 Å². The summed E-state index contributed by atoms with van der Waals surface area (Å²) in [5.41, 5.74) is 0.245. The van der Waals surface area contributed by atoms with Crippen molar-refractivity contribution in [1.82, 2.24) is 5.32 Å². The normalized spacial score (nSPS) is 13.8. The lowest BCUT2D eigenvalue weighted by Gasteiger charge is -2.11. The molecule has 1 aromatic carbocycles. The largest absolute Gasteiger partial charge is 0.387 e. The zero-order chi connectivity index (χ0) is 12.3. The van der Waals surface area contributed by atoms with E-state index in [1.54, 1.807) is 7.05 Å². The molecule has 1 rings (SSSR count). The van der Waals surface area contributed by atoms with Crippen molar-refractivity contribution < 1.29 is 17.9 Å². The fraction of sp³-hybridized carbons (Fsp3) is 0.400. The molecule has 0 bridgehead atoms. The predicted octanol–water partition coefficient (Wildman–Crippen LogP) is 0.482. The summed E-state index contributed by atoms with van der Waals surface area (Å²) in [6.45, 7) is 0.229. The number of sulfone groups is 1. The van der Waals surface area contributed by atoms with Crippen molar-refractivity contribution in [2.45, 2.75) is 11.0 Å². The first kappa shape index (κ1) is 13.1. The maximum absolute atomic E-state index is 13.2. The number of likely N-dealkylation sites (N-methyl/N-ethyl adjacent to an activating group) is 1. The number of aliphatic hydroxyl groups excluding tert-OH is 1. The number of nitrogens with one attached hydrogen (secondary N) is 1. The minimum atomic E-state index is -3.47. The summed E-state index contributed by atoms with van der Waals surface area (Å²) in [6.07, 6.45) is 0.0666. The molecule has 0 aromatic heterocycles. The number of aliphatic hydroxyl groups is 1. The average molecular weight is 247 g/mol. The highest BCUT2D eigenvalue weighted by atomic mass is 32.2. The van der Waals surface area contributed by atoms with Crippen LogP contribution in [0.5, 0.6) is 0 Å². The quantitative estimate of drug-likeness (QED) is 0.812. The van der Waals surface area contributed by atoms with E-state index in [1.807, 2.05) is 0 Å². The minimum absolute atomic E-state index is 0.127. The fourth-order valence-electron chi connectivity index (χ4n) is 1.30. The molecule has 0 saturated heterocycles. The summed E-state index contributed by atoms with van der Waals surface area (Å²) in [6, 6.07) is 3.34. The van der Waals surface area contributed by atoms with E-state index in [9.17, 15) is 17.9 Å². The van der Waals surface area contributed by atoms with Crippen LogP contribution in [0.2, 0.25) is 0 Å². The molecule has 1 atom stereocenters. The Morgan fingerprint density at radius 2 is 2.06 bits per heavy atom. The highest BCUT2D eigenvalue weighted by molar-refractivity contribution is 7.90. The Kier molecular flexibility index (Phi) is 4.01. The van der Waals surface area contributed by atoms with Gasteiger partial charge in [-0.1, -0.05) is 0 Å². The van der Waals surface area contributed by atoms with E-state index >= 15 is 0 Å². The number of hydrogen-bond donors (Lipinski definition) is 2. The van der Waals surface area contributed by atoms with Crippen molar-refractivity contribution in [2.75, 3.05) is 19.8 Å². The molecule has 6 heteroatoms. The Hall–Kier alpha value is -0.980. The number of rotatable bonds is 4.